The quantitative estimate of drug-likeness (QED) is 0.734. The molecule has 0 aromatic heterocycles. The lowest BCUT2D eigenvalue weighted by Gasteiger charge is -2.14. The fourth-order valence-corrected chi connectivity index (χ4v) is 1.35. The highest BCUT2D eigenvalue weighted by Gasteiger charge is 2.08. The molecule has 0 atom stereocenters. The summed E-state index contributed by atoms with van der Waals surface area (Å²) >= 11 is 0. The predicted molar refractivity (Wildman–Crippen MR) is 54.7 cm³/mol. The van der Waals surface area contributed by atoms with E-state index < -0.39 is 11.6 Å². The Kier molecular flexibility index (Phi) is 4.37. The van der Waals surface area contributed by atoms with Gasteiger partial charge in [0, 0.05) is 12.6 Å². The van der Waals surface area contributed by atoms with Gasteiger partial charge in [-0.3, -0.25) is 9.69 Å². The first-order chi connectivity index (χ1) is 7.51. The predicted octanol–water partition coefficient (Wildman–Crippen LogP) is 1.57. The van der Waals surface area contributed by atoms with Crippen molar-refractivity contribution in [1.82, 2.24) is 4.90 Å². The Morgan fingerprint density at radius 3 is 2.38 bits per heavy atom. The number of ether oxygens (including phenoxy) is 1. The maximum absolute atomic E-state index is 12.9. The fraction of sp³-hybridized carbons (Fsp3) is 0.364. The number of carbonyl (C=O) groups is 1. The van der Waals surface area contributed by atoms with Crippen molar-refractivity contribution in [2.24, 2.45) is 0 Å². The molecule has 0 heterocycles. The third-order valence-electron chi connectivity index (χ3n) is 2.00. The van der Waals surface area contributed by atoms with Crippen molar-refractivity contribution in [2.45, 2.75) is 6.54 Å². The van der Waals surface area contributed by atoms with E-state index in [1.807, 2.05) is 0 Å². The summed E-state index contributed by atoms with van der Waals surface area (Å²) in [5, 5.41) is 0. The monoisotopic (exact) mass is 229 g/mol. The smallest absolute Gasteiger partial charge is 0.319 e. The highest BCUT2D eigenvalue weighted by molar-refractivity contribution is 5.71. The molecular formula is C11H13F2NO2. The van der Waals surface area contributed by atoms with Crippen LogP contribution in [0.5, 0.6) is 0 Å². The van der Waals surface area contributed by atoms with Crippen LogP contribution >= 0.6 is 0 Å². The number of halogens is 2. The van der Waals surface area contributed by atoms with E-state index in [4.69, 9.17) is 0 Å². The number of hydrogen-bond donors (Lipinski definition) is 0. The molecule has 0 aliphatic carbocycles. The highest BCUT2D eigenvalue weighted by Crippen LogP contribution is 2.09. The first-order valence-corrected chi connectivity index (χ1v) is 4.71. The normalized spacial score (nSPS) is 10.6. The molecule has 1 aromatic carbocycles. The van der Waals surface area contributed by atoms with Crippen LogP contribution in [-0.4, -0.2) is 31.6 Å². The third-order valence-corrected chi connectivity index (χ3v) is 2.00. The lowest BCUT2D eigenvalue weighted by atomic mass is 10.2. The number of benzene rings is 1. The van der Waals surface area contributed by atoms with Crippen molar-refractivity contribution in [2.75, 3.05) is 20.7 Å². The lowest BCUT2D eigenvalue weighted by molar-refractivity contribution is -0.141. The van der Waals surface area contributed by atoms with Crippen molar-refractivity contribution in [3.8, 4) is 0 Å². The second-order valence-corrected chi connectivity index (χ2v) is 3.53. The SMILES string of the molecule is COC(=O)CN(C)Cc1cc(F)cc(F)c1. The average molecular weight is 229 g/mol. The molecule has 1 rings (SSSR count). The van der Waals surface area contributed by atoms with Crippen molar-refractivity contribution >= 4 is 5.97 Å². The van der Waals surface area contributed by atoms with Gasteiger partial charge in [-0.15, -0.1) is 0 Å². The molecule has 88 valence electrons. The first-order valence-electron chi connectivity index (χ1n) is 4.71. The molecule has 0 N–H and O–H groups in total. The van der Waals surface area contributed by atoms with Gasteiger partial charge in [0.15, 0.2) is 0 Å². The molecule has 5 heteroatoms. The minimum Gasteiger partial charge on any atom is -0.468 e. The topological polar surface area (TPSA) is 29.5 Å². The molecule has 16 heavy (non-hydrogen) atoms. The molecule has 0 bridgehead atoms. The summed E-state index contributed by atoms with van der Waals surface area (Å²) in [4.78, 5) is 12.5. The van der Waals surface area contributed by atoms with Crippen LogP contribution in [0.4, 0.5) is 8.78 Å². The van der Waals surface area contributed by atoms with Gasteiger partial charge >= 0.3 is 5.97 Å². The zero-order valence-corrected chi connectivity index (χ0v) is 9.17. The second kappa shape index (κ2) is 5.55. The Balaban J connectivity index is 2.62. The molecule has 0 aliphatic heterocycles. The lowest BCUT2D eigenvalue weighted by Crippen LogP contribution is -2.26. The van der Waals surface area contributed by atoms with Gasteiger partial charge in [-0.05, 0) is 24.7 Å². The van der Waals surface area contributed by atoms with Gasteiger partial charge in [0.2, 0.25) is 0 Å². The van der Waals surface area contributed by atoms with Crippen LogP contribution in [0, 0.1) is 11.6 Å². The van der Waals surface area contributed by atoms with Crippen molar-refractivity contribution in [1.29, 1.82) is 0 Å². The van der Waals surface area contributed by atoms with Crippen LogP contribution in [0.2, 0.25) is 0 Å². The highest BCUT2D eigenvalue weighted by atomic mass is 19.1. The number of nitrogens with zero attached hydrogens (tertiary/aromatic N) is 1. The Bertz CT molecular complexity index is 362. The van der Waals surface area contributed by atoms with Crippen LogP contribution in [0.1, 0.15) is 5.56 Å². The number of methoxy groups -OCH3 is 1. The van der Waals surface area contributed by atoms with Gasteiger partial charge in [0.1, 0.15) is 11.6 Å². The summed E-state index contributed by atoms with van der Waals surface area (Å²) in [7, 11) is 2.96. The Labute approximate surface area is 92.6 Å². The molecule has 0 fully saturated rings. The van der Waals surface area contributed by atoms with Crippen LogP contribution in [0.15, 0.2) is 18.2 Å². The van der Waals surface area contributed by atoms with Gasteiger partial charge in [0.25, 0.3) is 0 Å². The Morgan fingerprint density at radius 2 is 1.88 bits per heavy atom. The van der Waals surface area contributed by atoms with Gasteiger partial charge in [0.05, 0.1) is 13.7 Å². The minimum atomic E-state index is -0.624. The minimum absolute atomic E-state index is 0.0780. The molecule has 0 amide bonds. The number of likely N-dealkylation sites (N-methyl/N-ethyl adjacent to an activating group) is 1. The fourth-order valence-electron chi connectivity index (χ4n) is 1.35. The maximum Gasteiger partial charge on any atom is 0.319 e. The summed E-state index contributed by atoms with van der Waals surface area (Å²) in [5.74, 6) is -1.64. The van der Waals surface area contributed by atoms with E-state index in [1.165, 1.54) is 19.2 Å². The van der Waals surface area contributed by atoms with E-state index in [1.54, 1.807) is 11.9 Å². The average Bonchev–Trinajstić information content (AvgIpc) is 2.15. The largest absolute Gasteiger partial charge is 0.468 e. The molecule has 0 spiro atoms. The van der Waals surface area contributed by atoms with E-state index in [9.17, 15) is 13.6 Å². The van der Waals surface area contributed by atoms with Gasteiger partial charge in [-0.2, -0.15) is 0 Å². The number of rotatable bonds is 4. The van der Waals surface area contributed by atoms with Crippen molar-refractivity contribution < 1.29 is 18.3 Å². The van der Waals surface area contributed by atoms with E-state index in [-0.39, 0.29) is 19.1 Å². The van der Waals surface area contributed by atoms with E-state index in [0.717, 1.165) is 6.07 Å². The molecule has 0 aliphatic rings. The summed E-state index contributed by atoms with van der Waals surface area (Å²) in [6.07, 6.45) is 0. The van der Waals surface area contributed by atoms with Gasteiger partial charge < -0.3 is 4.74 Å². The third kappa shape index (κ3) is 3.94. The van der Waals surface area contributed by atoms with E-state index >= 15 is 0 Å². The second-order valence-electron chi connectivity index (χ2n) is 3.53. The Hall–Kier alpha value is -1.49. The zero-order chi connectivity index (χ0) is 12.1. The number of hydrogen-bond acceptors (Lipinski definition) is 3. The van der Waals surface area contributed by atoms with Gasteiger partial charge in [-0.25, -0.2) is 8.78 Å². The van der Waals surface area contributed by atoms with Crippen molar-refractivity contribution in [3.63, 3.8) is 0 Å². The summed E-state index contributed by atoms with van der Waals surface area (Å²) < 4.78 is 30.2. The van der Waals surface area contributed by atoms with Crippen molar-refractivity contribution in [3.05, 3.63) is 35.4 Å². The Morgan fingerprint density at radius 1 is 1.31 bits per heavy atom. The summed E-state index contributed by atoms with van der Waals surface area (Å²) in [6.45, 7) is 0.360. The zero-order valence-electron chi connectivity index (χ0n) is 9.17. The van der Waals surface area contributed by atoms with E-state index in [0.29, 0.717) is 5.56 Å². The molecule has 3 nitrogen and oxygen atoms in total. The van der Waals surface area contributed by atoms with Crippen LogP contribution in [0.3, 0.4) is 0 Å². The maximum atomic E-state index is 12.9. The molecule has 0 unspecified atom stereocenters. The molecule has 0 radical (unpaired) electrons. The molecule has 0 saturated carbocycles. The standard InChI is InChI=1S/C11H13F2NO2/c1-14(7-11(15)16-2)6-8-3-9(12)5-10(13)4-8/h3-5H,6-7H2,1-2H3. The van der Waals surface area contributed by atoms with Crippen LogP contribution in [0.25, 0.3) is 0 Å². The summed E-state index contributed by atoms with van der Waals surface area (Å²) in [6, 6.07) is 3.28. The van der Waals surface area contributed by atoms with Gasteiger partial charge in [-0.1, -0.05) is 0 Å². The number of esters is 1. The van der Waals surface area contributed by atoms with Crippen LogP contribution < -0.4 is 0 Å². The molecular weight excluding hydrogens is 216 g/mol. The first kappa shape index (κ1) is 12.6. The molecule has 1 aromatic rings. The van der Waals surface area contributed by atoms with E-state index in [2.05, 4.69) is 4.74 Å². The summed E-state index contributed by atoms with van der Waals surface area (Å²) in [5.41, 5.74) is 0.476. The molecule has 0 saturated heterocycles. The number of carbonyl (C=O) groups excluding carboxylic acids is 1. The van der Waals surface area contributed by atoms with Crippen LogP contribution in [-0.2, 0) is 16.1 Å².